The predicted molar refractivity (Wildman–Crippen MR) is 64.4 cm³/mol. The van der Waals surface area contributed by atoms with Gasteiger partial charge < -0.3 is 4.74 Å². The van der Waals surface area contributed by atoms with E-state index in [-0.39, 0.29) is 11.7 Å². The molecule has 0 radical (unpaired) electrons. The highest BCUT2D eigenvalue weighted by molar-refractivity contribution is 6.19. The zero-order valence-electron chi connectivity index (χ0n) is 10.1. The fourth-order valence-corrected chi connectivity index (χ4v) is 1.09. The molecule has 3 heteroatoms. The van der Waals surface area contributed by atoms with E-state index in [0.717, 1.165) is 5.57 Å². The highest BCUT2D eigenvalue weighted by Crippen LogP contribution is 2.18. The van der Waals surface area contributed by atoms with E-state index >= 15 is 0 Å². The van der Waals surface area contributed by atoms with Gasteiger partial charge in [-0.05, 0) is 19.4 Å². The molecule has 0 N–H and O–H groups in total. The highest BCUT2D eigenvalue weighted by Gasteiger charge is 2.24. The first-order valence-corrected chi connectivity index (χ1v) is 5.71. The summed E-state index contributed by atoms with van der Waals surface area (Å²) >= 11 is 5.59. The van der Waals surface area contributed by atoms with Gasteiger partial charge in [-0.15, -0.1) is 11.6 Å². The zero-order valence-corrected chi connectivity index (χ0v) is 10.9. The van der Waals surface area contributed by atoms with Crippen molar-refractivity contribution in [1.29, 1.82) is 0 Å². The first-order valence-electron chi connectivity index (χ1n) is 5.18. The number of Topliss-reactive ketones (excluding diaryl/α,β-unsaturated/α-hetero) is 1. The minimum atomic E-state index is -0.434. The van der Waals surface area contributed by atoms with Crippen LogP contribution >= 0.6 is 11.6 Å². The van der Waals surface area contributed by atoms with E-state index in [2.05, 4.69) is 6.58 Å². The molecule has 0 fully saturated rings. The van der Waals surface area contributed by atoms with Crippen LogP contribution in [-0.2, 0) is 9.53 Å². The lowest BCUT2D eigenvalue weighted by molar-refractivity contribution is -0.127. The topological polar surface area (TPSA) is 26.3 Å². The van der Waals surface area contributed by atoms with Gasteiger partial charge in [0.25, 0.3) is 0 Å². The van der Waals surface area contributed by atoms with Gasteiger partial charge in [0.1, 0.15) is 5.78 Å². The number of hydrogen-bond donors (Lipinski definition) is 0. The van der Waals surface area contributed by atoms with Crippen molar-refractivity contribution < 1.29 is 9.53 Å². The van der Waals surface area contributed by atoms with Crippen LogP contribution in [0.2, 0.25) is 0 Å². The summed E-state index contributed by atoms with van der Waals surface area (Å²) in [6.45, 7) is 11.8. The Kier molecular flexibility index (Phi) is 6.15. The number of ether oxygens (including phenoxy) is 1. The summed E-state index contributed by atoms with van der Waals surface area (Å²) in [6.07, 6.45) is 0.431. The number of halogens is 1. The molecule has 0 spiro atoms. The van der Waals surface area contributed by atoms with Crippen molar-refractivity contribution in [2.24, 2.45) is 5.92 Å². The van der Waals surface area contributed by atoms with E-state index in [1.807, 2.05) is 27.7 Å². The zero-order chi connectivity index (χ0) is 12.1. The van der Waals surface area contributed by atoms with Gasteiger partial charge in [0.05, 0.1) is 12.2 Å². The molecule has 0 aromatic rings. The summed E-state index contributed by atoms with van der Waals surface area (Å²) in [5.41, 5.74) is 0.401. The number of alkyl halides is 1. The number of carbonyl (C=O) groups excluding carboxylic acids is 1. The van der Waals surface area contributed by atoms with Crippen LogP contribution < -0.4 is 0 Å². The molecule has 0 saturated carbocycles. The molecule has 88 valence electrons. The van der Waals surface area contributed by atoms with Crippen LogP contribution in [0.1, 0.15) is 34.1 Å². The van der Waals surface area contributed by atoms with Crippen molar-refractivity contribution in [2.75, 3.05) is 12.5 Å². The number of rotatable bonds is 7. The van der Waals surface area contributed by atoms with E-state index in [1.54, 1.807) is 0 Å². The second-order valence-corrected chi connectivity index (χ2v) is 5.00. The average Bonchev–Trinajstić information content (AvgIpc) is 2.13. The summed E-state index contributed by atoms with van der Waals surface area (Å²) in [5.74, 6) is 0.675. The third-order valence-electron chi connectivity index (χ3n) is 2.10. The third kappa shape index (κ3) is 6.69. The van der Waals surface area contributed by atoms with E-state index in [9.17, 15) is 4.79 Å². The van der Waals surface area contributed by atoms with Crippen LogP contribution in [0.5, 0.6) is 0 Å². The van der Waals surface area contributed by atoms with E-state index in [1.165, 1.54) is 0 Å². The summed E-state index contributed by atoms with van der Waals surface area (Å²) in [5, 5.41) is 0. The van der Waals surface area contributed by atoms with Crippen molar-refractivity contribution >= 4 is 17.4 Å². The van der Waals surface area contributed by atoms with Gasteiger partial charge in [0.2, 0.25) is 0 Å². The smallest absolute Gasteiger partial charge is 0.138 e. The number of carbonyl (C=O) groups is 1. The normalized spacial score (nSPS) is 11.9. The van der Waals surface area contributed by atoms with Gasteiger partial charge in [-0.3, -0.25) is 4.79 Å². The Labute approximate surface area is 97.6 Å². The van der Waals surface area contributed by atoms with Crippen LogP contribution in [0, 0.1) is 5.92 Å². The van der Waals surface area contributed by atoms with Crippen LogP contribution in [0.3, 0.4) is 0 Å². The third-order valence-corrected chi connectivity index (χ3v) is 2.48. The molecule has 2 nitrogen and oxygen atoms in total. The monoisotopic (exact) mass is 232 g/mol. The fraction of sp³-hybridized carbons (Fsp3) is 0.750. The van der Waals surface area contributed by atoms with Crippen molar-refractivity contribution in [3.8, 4) is 0 Å². The lowest BCUT2D eigenvalue weighted by atomic mass is 9.95. The molecule has 15 heavy (non-hydrogen) atoms. The maximum atomic E-state index is 11.5. The van der Waals surface area contributed by atoms with Gasteiger partial charge in [-0.1, -0.05) is 20.4 Å². The Morgan fingerprint density at radius 2 is 2.00 bits per heavy atom. The van der Waals surface area contributed by atoms with Gasteiger partial charge in [0.15, 0.2) is 0 Å². The fourth-order valence-electron chi connectivity index (χ4n) is 1.01. The van der Waals surface area contributed by atoms with Crippen LogP contribution in [0.15, 0.2) is 12.2 Å². The summed E-state index contributed by atoms with van der Waals surface area (Å²) in [4.78, 5) is 11.5. The molecule has 0 bridgehead atoms. The first-order chi connectivity index (χ1) is 6.78. The minimum absolute atomic E-state index is 0.0594. The Bertz CT molecular complexity index is 232. The van der Waals surface area contributed by atoms with Crippen molar-refractivity contribution in [1.82, 2.24) is 0 Å². The molecule has 0 heterocycles. The summed E-state index contributed by atoms with van der Waals surface area (Å²) in [6, 6.07) is 0. The van der Waals surface area contributed by atoms with Crippen molar-refractivity contribution in [3.63, 3.8) is 0 Å². The molecule has 0 saturated heterocycles. The van der Waals surface area contributed by atoms with Gasteiger partial charge in [-0.25, -0.2) is 0 Å². The SMILES string of the molecule is C=C(CCl)COC(C)(C)CC(=O)C(C)C. The highest BCUT2D eigenvalue weighted by atomic mass is 35.5. The summed E-state index contributed by atoms with van der Waals surface area (Å²) in [7, 11) is 0. The lowest BCUT2D eigenvalue weighted by Gasteiger charge is -2.25. The van der Waals surface area contributed by atoms with Gasteiger partial charge in [0, 0.05) is 18.2 Å². The molecule has 0 amide bonds. The predicted octanol–water partition coefficient (Wildman–Crippen LogP) is 3.19. The van der Waals surface area contributed by atoms with E-state index in [4.69, 9.17) is 16.3 Å². The first kappa shape index (κ1) is 14.7. The molecule has 0 rings (SSSR count). The number of ketones is 1. The van der Waals surface area contributed by atoms with Crippen molar-refractivity contribution in [3.05, 3.63) is 12.2 Å². The molecule has 0 atom stereocenters. The Morgan fingerprint density at radius 1 is 1.47 bits per heavy atom. The second-order valence-electron chi connectivity index (χ2n) is 4.73. The molecule has 0 aromatic heterocycles. The Balaban J connectivity index is 4.07. The second kappa shape index (κ2) is 6.29. The Morgan fingerprint density at radius 3 is 2.40 bits per heavy atom. The lowest BCUT2D eigenvalue weighted by Crippen LogP contribution is -2.30. The van der Waals surface area contributed by atoms with Crippen LogP contribution in [0.25, 0.3) is 0 Å². The maximum Gasteiger partial charge on any atom is 0.138 e. The minimum Gasteiger partial charge on any atom is -0.371 e. The van der Waals surface area contributed by atoms with Crippen LogP contribution in [0.4, 0.5) is 0 Å². The average molecular weight is 233 g/mol. The molecule has 0 unspecified atom stereocenters. The molecular formula is C12H21ClO2. The molecule has 0 aromatic carbocycles. The van der Waals surface area contributed by atoms with Crippen LogP contribution in [-0.4, -0.2) is 23.9 Å². The van der Waals surface area contributed by atoms with E-state index < -0.39 is 5.60 Å². The Hall–Kier alpha value is -0.340. The molecule has 0 aliphatic heterocycles. The summed E-state index contributed by atoms with van der Waals surface area (Å²) < 4.78 is 5.60. The standard InChI is InChI=1S/C12H21ClO2/c1-9(2)11(14)6-12(4,5)15-8-10(3)7-13/h9H,3,6-8H2,1-2,4-5H3. The number of hydrogen-bond acceptors (Lipinski definition) is 2. The van der Waals surface area contributed by atoms with Gasteiger partial charge >= 0.3 is 0 Å². The maximum absolute atomic E-state index is 11.5. The molecule has 0 aliphatic rings. The van der Waals surface area contributed by atoms with Gasteiger partial charge in [-0.2, -0.15) is 0 Å². The molecular weight excluding hydrogens is 212 g/mol. The largest absolute Gasteiger partial charge is 0.371 e. The van der Waals surface area contributed by atoms with E-state index in [0.29, 0.717) is 18.9 Å². The molecule has 0 aliphatic carbocycles. The van der Waals surface area contributed by atoms with Crippen molar-refractivity contribution in [2.45, 2.75) is 39.7 Å². The quantitative estimate of drug-likeness (QED) is 0.498.